The molecule has 1 N–H and O–H groups in total. The molecule has 2 aromatic rings. The number of benzene rings is 2. The lowest BCUT2D eigenvalue weighted by molar-refractivity contribution is 0.0694. The van der Waals surface area contributed by atoms with Crippen LogP contribution < -0.4 is 0 Å². The third-order valence-electron chi connectivity index (χ3n) is 4.43. The molecule has 0 aromatic heterocycles. The van der Waals surface area contributed by atoms with E-state index in [-0.39, 0.29) is 58.3 Å². The van der Waals surface area contributed by atoms with E-state index in [0.717, 1.165) is 5.56 Å². The Kier molecular flexibility index (Phi) is 5.67. The van der Waals surface area contributed by atoms with Gasteiger partial charge >= 0.3 is 0 Å². The fraction of sp³-hybridized carbons (Fsp3) is 0.278. The summed E-state index contributed by atoms with van der Waals surface area (Å²) in [7, 11) is -3.87. The van der Waals surface area contributed by atoms with Crippen LogP contribution in [0.4, 0.5) is 0 Å². The molecule has 0 bridgehead atoms. The fourth-order valence-corrected chi connectivity index (χ4v) is 5.49. The SMILES string of the molecule is Cc1ccc(O)c(C(=O)N2CCN(S(=O)(=O)c3c(Cl)cccc3Cl)CC2)c1. The van der Waals surface area contributed by atoms with Gasteiger partial charge in [-0.05, 0) is 31.2 Å². The second kappa shape index (κ2) is 7.67. The molecule has 0 radical (unpaired) electrons. The summed E-state index contributed by atoms with van der Waals surface area (Å²) >= 11 is 12.1. The predicted molar refractivity (Wildman–Crippen MR) is 104 cm³/mol. The summed E-state index contributed by atoms with van der Waals surface area (Å²) in [5.41, 5.74) is 1.06. The molecule has 1 saturated heterocycles. The number of aromatic hydroxyl groups is 1. The van der Waals surface area contributed by atoms with E-state index in [1.54, 1.807) is 18.2 Å². The highest BCUT2D eigenvalue weighted by molar-refractivity contribution is 7.89. The first-order valence-electron chi connectivity index (χ1n) is 8.25. The fourth-order valence-electron chi connectivity index (χ4n) is 2.98. The van der Waals surface area contributed by atoms with Crippen molar-refractivity contribution in [2.45, 2.75) is 11.8 Å². The Bertz CT molecular complexity index is 967. The number of carbonyl (C=O) groups is 1. The molecule has 3 rings (SSSR count). The van der Waals surface area contributed by atoms with Crippen LogP contribution in [0, 0.1) is 6.92 Å². The minimum Gasteiger partial charge on any atom is -0.507 e. The highest BCUT2D eigenvalue weighted by Gasteiger charge is 2.33. The molecule has 2 aromatic carbocycles. The first kappa shape index (κ1) is 19.9. The van der Waals surface area contributed by atoms with Gasteiger partial charge in [0, 0.05) is 26.2 Å². The Hall–Kier alpha value is -1.80. The van der Waals surface area contributed by atoms with Gasteiger partial charge in [-0.25, -0.2) is 8.42 Å². The highest BCUT2D eigenvalue weighted by Crippen LogP contribution is 2.32. The number of carbonyl (C=O) groups excluding carboxylic acids is 1. The second-order valence-electron chi connectivity index (χ2n) is 6.27. The van der Waals surface area contributed by atoms with Crippen LogP contribution in [-0.4, -0.2) is 54.8 Å². The molecule has 6 nitrogen and oxygen atoms in total. The molecule has 0 spiro atoms. The van der Waals surface area contributed by atoms with Gasteiger partial charge in [0.05, 0.1) is 15.6 Å². The van der Waals surface area contributed by atoms with Crippen molar-refractivity contribution in [2.24, 2.45) is 0 Å². The molecule has 144 valence electrons. The van der Waals surface area contributed by atoms with Crippen molar-refractivity contribution in [1.29, 1.82) is 0 Å². The van der Waals surface area contributed by atoms with Gasteiger partial charge in [0.25, 0.3) is 5.91 Å². The Morgan fingerprint density at radius 1 is 1.04 bits per heavy atom. The monoisotopic (exact) mass is 428 g/mol. The quantitative estimate of drug-likeness (QED) is 0.813. The van der Waals surface area contributed by atoms with Gasteiger partial charge < -0.3 is 10.0 Å². The minimum atomic E-state index is -3.87. The number of nitrogens with zero attached hydrogens (tertiary/aromatic N) is 2. The molecule has 1 heterocycles. The average Bonchev–Trinajstić information content (AvgIpc) is 2.63. The zero-order valence-electron chi connectivity index (χ0n) is 14.5. The largest absolute Gasteiger partial charge is 0.507 e. The third kappa shape index (κ3) is 3.91. The Balaban J connectivity index is 1.77. The minimum absolute atomic E-state index is 0.0608. The smallest absolute Gasteiger partial charge is 0.257 e. The van der Waals surface area contributed by atoms with Crippen molar-refractivity contribution < 1.29 is 18.3 Å². The van der Waals surface area contributed by atoms with Crippen LogP contribution in [-0.2, 0) is 10.0 Å². The summed E-state index contributed by atoms with van der Waals surface area (Å²) in [6.07, 6.45) is 0. The van der Waals surface area contributed by atoms with Crippen LogP contribution in [0.1, 0.15) is 15.9 Å². The number of hydrogen-bond donors (Lipinski definition) is 1. The summed E-state index contributed by atoms with van der Waals surface area (Å²) in [4.78, 5) is 14.1. The van der Waals surface area contributed by atoms with Crippen molar-refractivity contribution >= 4 is 39.1 Å². The number of phenols is 1. The number of piperazine rings is 1. The van der Waals surface area contributed by atoms with Crippen LogP contribution in [0.25, 0.3) is 0 Å². The molecule has 0 unspecified atom stereocenters. The number of aryl methyl sites for hydroxylation is 1. The maximum atomic E-state index is 12.9. The molecule has 0 aliphatic carbocycles. The van der Waals surface area contributed by atoms with E-state index < -0.39 is 10.0 Å². The van der Waals surface area contributed by atoms with Gasteiger partial charge in [0.1, 0.15) is 10.6 Å². The first-order chi connectivity index (χ1) is 12.7. The van der Waals surface area contributed by atoms with Crippen LogP contribution in [0.15, 0.2) is 41.3 Å². The van der Waals surface area contributed by atoms with Crippen molar-refractivity contribution in [3.63, 3.8) is 0 Å². The molecule has 0 saturated carbocycles. The number of amides is 1. The Labute approximate surface area is 168 Å². The van der Waals surface area contributed by atoms with Crippen LogP contribution >= 0.6 is 23.2 Å². The molecule has 1 amide bonds. The average molecular weight is 429 g/mol. The van der Waals surface area contributed by atoms with E-state index in [2.05, 4.69) is 0 Å². The first-order valence-corrected chi connectivity index (χ1v) is 10.4. The van der Waals surface area contributed by atoms with E-state index in [9.17, 15) is 18.3 Å². The van der Waals surface area contributed by atoms with E-state index >= 15 is 0 Å². The standard InChI is InChI=1S/C18H18Cl2N2O4S/c1-12-5-6-16(23)13(11-12)18(24)21-7-9-22(10-8-21)27(25,26)17-14(19)3-2-4-15(17)20/h2-6,11,23H,7-10H2,1H3. The Morgan fingerprint density at radius 3 is 2.22 bits per heavy atom. The summed E-state index contributed by atoms with van der Waals surface area (Å²) in [6, 6.07) is 9.33. The molecular formula is C18H18Cl2N2O4S. The van der Waals surface area contributed by atoms with Crippen LogP contribution in [0.5, 0.6) is 5.75 Å². The molecule has 27 heavy (non-hydrogen) atoms. The van der Waals surface area contributed by atoms with Crippen molar-refractivity contribution in [1.82, 2.24) is 9.21 Å². The van der Waals surface area contributed by atoms with Gasteiger partial charge in [0.2, 0.25) is 10.0 Å². The van der Waals surface area contributed by atoms with Gasteiger partial charge in [0.15, 0.2) is 0 Å². The number of sulfonamides is 1. The predicted octanol–water partition coefficient (Wildman–Crippen LogP) is 3.15. The van der Waals surface area contributed by atoms with E-state index in [4.69, 9.17) is 23.2 Å². The maximum absolute atomic E-state index is 12.9. The Morgan fingerprint density at radius 2 is 1.63 bits per heavy atom. The number of rotatable bonds is 3. The lowest BCUT2D eigenvalue weighted by Gasteiger charge is -2.34. The van der Waals surface area contributed by atoms with Gasteiger partial charge in [-0.15, -0.1) is 0 Å². The van der Waals surface area contributed by atoms with E-state index in [1.165, 1.54) is 27.4 Å². The third-order valence-corrected chi connectivity index (χ3v) is 7.28. The molecule has 1 aliphatic heterocycles. The van der Waals surface area contributed by atoms with Gasteiger partial charge in [-0.1, -0.05) is 40.9 Å². The molecule has 0 atom stereocenters. The normalized spacial score (nSPS) is 15.7. The summed E-state index contributed by atoms with van der Waals surface area (Å²) in [5, 5.41) is 10.1. The molecule has 9 heteroatoms. The molecule has 1 fully saturated rings. The maximum Gasteiger partial charge on any atom is 0.257 e. The molecule has 1 aliphatic rings. The molecular weight excluding hydrogens is 411 g/mol. The van der Waals surface area contributed by atoms with Crippen LogP contribution in [0.3, 0.4) is 0 Å². The van der Waals surface area contributed by atoms with E-state index in [1.807, 2.05) is 6.92 Å². The zero-order valence-corrected chi connectivity index (χ0v) is 16.9. The number of halogens is 2. The number of phenolic OH excluding ortho intramolecular Hbond substituents is 1. The summed E-state index contributed by atoms with van der Waals surface area (Å²) in [5.74, 6) is -0.424. The van der Waals surface area contributed by atoms with Crippen molar-refractivity contribution in [3.05, 3.63) is 57.6 Å². The van der Waals surface area contributed by atoms with Crippen LogP contribution in [0.2, 0.25) is 10.0 Å². The van der Waals surface area contributed by atoms with Crippen molar-refractivity contribution in [3.8, 4) is 5.75 Å². The zero-order chi connectivity index (χ0) is 19.8. The number of hydrogen-bond acceptors (Lipinski definition) is 4. The van der Waals surface area contributed by atoms with Gasteiger partial charge in [-0.2, -0.15) is 4.31 Å². The lowest BCUT2D eigenvalue weighted by atomic mass is 10.1. The van der Waals surface area contributed by atoms with E-state index in [0.29, 0.717) is 0 Å². The van der Waals surface area contributed by atoms with Gasteiger partial charge in [-0.3, -0.25) is 4.79 Å². The second-order valence-corrected chi connectivity index (χ2v) is 8.96. The lowest BCUT2D eigenvalue weighted by Crippen LogP contribution is -2.50. The highest BCUT2D eigenvalue weighted by atomic mass is 35.5. The van der Waals surface area contributed by atoms with Crippen molar-refractivity contribution in [2.75, 3.05) is 26.2 Å². The summed E-state index contributed by atoms with van der Waals surface area (Å²) < 4.78 is 27.0. The summed E-state index contributed by atoms with van der Waals surface area (Å²) in [6.45, 7) is 2.46. The topological polar surface area (TPSA) is 77.9 Å².